The first-order valence-electron chi connectivity index (χ1n) is 6.77. The van der Waals surface area contributed by atoms with Crippen LogP contribution in [0.1, 0.15) is 24.0 Å². The molecule has 1 aliphatic carbocycles. The van der Waals surface area contributed by atoms with Crippen molar-refractivity contribution in [3.8, 4) is 0 Å². The molecule has 112 valence electrons. The molecule has 0 unspecified atom stereocenters. The predicted molar refractivity (Wildman–Crippen MR) is 86.3 cm³/mol. The summed E-state index contributed by atoms with van der Waals surface area (Å²) in [6, 6.07) is 7.12. The SMILES string of the molecule is Cc1ccc(Cl)cc1S(=O)(=O)N(Cc1ccsc1)C1CC1. The summed E-state index contributed by atoms with van der Waals surface area (Å²) in [6.07, 6.45) is 1.87. The number of nitrogens with zero attached hydrogens (tertiary/aromatic N) is 1. The Morgan fingerprint density at radius 2 is 2.10 bits per heavy atom. The second-order valence-corrected chi connectivity index (χ2v) is 8.40. The maximum Gasteiger partial charge on any atom is 0.243 e. The summed E-state index contributed by atoms with van der Waals surface area (Å²) in [6.45, 7) is 2.24. The Kier molecular flexibility index (Phi) is 4.10. The number of benzene rings is 1. The highest BCUT2D eigenvalue weighted by atomic mass is 35.5. The monoisotopic (exact) mass is 341 g/mol. The van der Waals surface area contributed by atoms with Crippen LogP contribution in [0.3, 0.4) is 0 Å². The average molecular weight is 342 g/mol. The molecule has 1 aromatic carbocycles. The van der Waals surface area contributed by atoms with Crippen LogP contribution in [-0.2, 0) is 16.6 Å². The van der Waals surface area contributed by atoms with Gasteiger partial charge in [-0.3, -0.25) is 0 Å². The summed E-state index contributed by atoms with van der Waals surface area (Å²) in [7, 11) is -3.51. The van der Waals surface area contributed by atoms with Crippen molar-refractivity contribution in [3.05, 3.63) is 51.2 Å². The van der Waals surface area contributed by atoms with E-state index in [0.717, 1.165) is 24.0 Å². The molecule has 0 N–H and O–H groups in total. The topological polar surface area (TPSA) is 37.4 Å². The van der Waals surface area contributed by atoms with Crippen LogP contribution in [0.25, 0.3) is 0 Å². The van der Waals surface area contributed by atoms with Gasteiger partial charge in [0.1, 0.15) is 0 Å². The van der Waals surface area contributed by atoms with Gasteiger partial charge in [-0.1, -0.05) is 17.7 Å². The van der Waals surface area contributed by atoms with E-state index in [0.29, 0.717) is 16.5 Å². The minimum Gasteiger partial charge on any atom is -0.207 e. The van der Waals surface area contributed by atoms with Crippen molar-refractivity contribution < 1.29 is 8.42 Å². The van der Waals surface area contributed by atoms with Gasteiger partial charge < -0.3 is 0 Å². The normalized spacial score (nSPS) is 15.6. The molecule has 3 rings (SSSR count). The highest BCUT2D eigenvalue weighted by molar-refractivity contribution is 7.89. The largest absolute Gasteiger partial charge is 0.243 e. The Morgan fingerprint density at radius 1 is 1.33 bits per heavy atom. The van der Waals surface area contributed by atoms with E-state index in [2.05, 4.69) is 0 Å². The first-order chi connectivity index (χ1) is 9.98. The summed E-state index contributed by atoms with van der Waals surface area (Å²) in [5, 5.41) is 4.42. The van der Waals surface area contributed by atoms with Gasteiger partial charge in [0.05, 0.1) is 4.90 Å². The minimum atomic E-state index is -3.51. The van der Waals surface area contributed by atoms with E-state index < -0.39 is 10.0 Å². The van der Waals surface area contributed by atoms with Crippen molar-refractivity contribution in [3.63, 3.8) is 0 Å². The van der Waals surface area contributed by atoms with Crippen molar-refractivity contribution in [2.45, 2.75) is 37.2 Å². The first kappa shape index (κ1) is 15.0. The summed E-state index contributed by atoms with van der Waals surface area (Å²) >= 11 is 7.57. The molecule has 0 spiro atoms. The van der Waals surface area contributed by atoms with E-state index in [1.165, 1.54) is 0 Å². The van der Waals surface area contributed by atoms with E-state index >= 15 is 0 Å². The number of hydrogen-bond donors (Lipinski definition) is 0. The van der Waals surface area contributed by atoms with Crippen molar-refractivity contribution in [2.24, 2.45) is 0 Å². The highest BCUT2D eigenvalue weighted by Crippen LogP contribution is 2.35. The number of halogens is 1. The summed E-state index contributed by atoms with van der Waals surface area (Å²) < 4.78 is 27.6. The zero-order valence-electron chi connectivity index (χ0n) is 11.6. The first-order valence-corrected chi connectivity index (χ1v) is 9.53. The summed E-state index contributed by atoms with van der Waals surface area (Å²) in [5.41, 5.74) is 1.77. The molecule has 1 aromatic heterocycles. The molecular weight excluding hydrogens is 326 g/mol. The summed E-state index contributed by atoms with van der Waals surface area (Å²) in [4.78, 5) is 0.317. The van der Waals surface area contributed by atoms with Crippen LogP contribution in [0, 0.1) is 6.92 Å². The molecule has 3 nitrogen and oxygen atoms in total. The zero-order chi connectivity index (χ0) is 15.0. The Bertz CT molecular complexity index is 737. The van der Waals surface area contributed by atoms with E-state index in [1.807, 2.05) is 16.8 Å². The van der Waals surface area contributed by atoms with Gasteiger partial charge in [0.2, 0.25) is 10.0 Å². The molecule has 0 aliphatic heterocycles. The third-order valence-electron chi connectivity index (χ3n) is 3.61. The minimum absolute atomic E-state index is 0.119. The lowest BCUT2D eigenvalue weighted by molar-refractivity contribution is 0.399. The standard InChI is InChI=1S/C15H16ClNO2S2/c1-11-2-3-13(16)8-15(11)21(18,19)17(14-4-5-14)9-12-6-7-20-10-12/h2-3,6-8,10,14H,4-5,9H2,1H3. The van der Waals surface area contributed by atoms with Gasteiger partial charge in [0.15, 0.2) is 0 Å². The quantitative estimate of drug-likeness (QED) is 0.822. The van der Waals surface area contributed by atoms with Gasteiger partial charge in [-0.25, -0.2) is 8.42 Å². The number of aryl methyl sites for hydroxylation is 1. The molecule has 1 saturated carbocycles. The zero-order valence-corrected chi connectivity index (χ0v) is 14.0. The second kappa shape index (κ2) is 5.72. The van der Waals surface area contributed by atoms with Crippen molar-refractivity contribution in [2.75, 3.05) is 0 Å². The predicted octanol–water partition coefficient (Wildman–Crippen LogP) is 4.06. The molecule has 1 aliphatic rings. The van der Waals surface area contributed by atoms with E-state index in [9.17, 15) is 8.42 Å². The maximum absolute atomic E-state index is 13.0. The summed E-state index contributed by atoms with van der Waals surface area (Å²) in [5.74, 6) is 0. The average Bonchev–Trinajstić information content (AvgIpc) is 3.14. The smallest absolute Gasteiger partial charge is 0.207 e. The fraction of sp³-hybridized carbons (Fsp3) is 0.333. The molecule has 0 bridgehead atoms. The molecule has 6 heteroatoms. The van der Waals surface area contributed by atoms with Crippen LogP contribution in [0.15, 0.2) is 39.9 Å². The highest BCUT2D eigenvalue weighted by Gasteiger charge is 2.38. The third-order valence-corrected chi connectivity index (χ3v) is 6.62. The van der Waals surface area contributed by atoms with Gasteiger partial charge in [-0.2, -0.15) is 15.6 Å². The molecule has 2 aromatic rings. The molecule has 0 radical (unpaired) electrons. The van der Waals surface area contributed by atoms with Crippen LogP contribution in [0.5, 0.6) is 0 Å². The number of thiophene rings is 1. The maximum atomic E-state index is 13.0. The number of sulfonamides is 1. The molecule has 0 saturated heterocycles. The van der Waals surface area contributed by atoms with Crippen molar-refractivity contribution >= 4 is 33.0 Å². The fourth-order valence-electron chi connectivity index (χ4n) is 2.31. The Hall–Kier alpha value is -0.880. The van der Waals surface area contributed by atoms with Crippen LogP contribution in [-0.4, -0.2) is 18.8 Å². The Labute approximate surface area is 134 Å². The van der Waals surface area contributed by atoms with Gasteiger partial charge in [-0.15, -0.1) is 0 Å². The van der Waals surface area contributed by atoms with Crippen LogP contribution < -0.4 is 0 Å². The molecular formula is C15H16ClNO2S2. The molecule has 1 heterocycles. The molecule has 0 amide bonds. The van der Waals surface area contributed by atoms with E-state index in [1.54, 1.807) is 40.8 Å². The lowest BCUT2D eigenvalue weighted by atomic mass is 10.2. The number of hydrogen-bond acceptors (Lipinski definition) is 3. The molecule has 21 heavy (non-hydrogen) atoms. The number of rotatable bonds is 5. The van der Waals surface area contributed by atoms with Gasteiger partial charge in [-0.05, 0) is 59.9 Å². The van der Waals surface area contributed by atoms with E-state index in [-0.39, 0.29) is 6.04 Å². The Morgan fingerprint density at radius 3 is 2.71 bits per heavy atom. The van der Waals surface area contributed by atoms with Crippen LogP contribution in [0.4, 0.5) is 0 Å². The van der Waals surface area contributed by atoms with Gasteiger partial charge in [0.25, 0.3) is 0 Å². The van der Waals surface area contributed by atoms with Crippen molar-refractivity contribution in [1.29, 1.82) is 0 Å². The van der Waals surface area contributed by atoms with Crippen LogP contribution >= 0.6 is 22.9 Å². The van der Waals surface area contributed by atoms with E-state index in [4.69, 9.17) is 11.6 Å². The molecule has 0 atom stereocenters. The fourth-order valence-corrected chi connectivity index (χ4v) is 5.14. The lowest BCUT2D eigenvalue weighted by Crippen LogP contribution is -2.33. The molecule has 1 fully saturated rings. The third kappa shape index (κ3) is 3.16. The second-order valence-electron chi connectivity index (χ2n) is 5.32. The van der Waals surface area contributed by atoms with Crippen LogP contribution in [0.2, 0.25) is 5.02 Å². The van der Waals surface area contributed by atoms with Crippen molar-refractivity contribution in [1.82, 2.24) is 4.31 Å². The van der Waals surface area contributed by atoms with Gasteiger partial charge >= 0.3 is 0 Å². The Balaban J connectivity index is 1.99. The lowest BCUT2D eigenvalue weighted by Gasteiger charge is -2.22. The van der Waals surface area contributed by atoms with Gasteiger partial charge in [0, 0.05) is 17.6 Å².